The number of nitrogens with one attached hydrogen (secondary N) is 2. The molecule has 0 aromatic carbocycles. The summed E-state index contributed by atoms with van der Waals surface area (Å²) < 4.78 is 0. The van der Waals surface area contributed by atoms with Crippen molar-refractivity contribution in [2.24, 2.45) is 0 Å². The van der Waals surface area contributed by atoms with Gasteiger partial charge in [-0.15, -0.1) is 11.8 Å². The zero-order valence-corrected chi connectivity index (χ0v) is 14.3. The highest BCUT2D eigenvalue weighted by molar-refractivity contribution is 8.00. The predicted octanol–water partition coefficient (Wildman–Crippen LogP) is 1.50. The van der Waals surface area contributed by atoms with Crippen molar-refractivity contribution >= 4 is 29.6 Å². The second-order valence-corrected chi connectivity index (χ2v) is 7.96. The molecule has 1 saturated heterocycles. The van der Waals surface area contributed by atoms with Gasteiger partial charge in [-0.05, 0) is 33.6 Å². The number of carbonyl (C=O) groups excluding carboxylic acids is 3. The molecule has 1 atom stereocenters. The third-order valence-corrected chi connectivity index (χ3v) is 5.33. The molecule has 22 heavy (non-hydrogen) atoms. The van der Waals surface area contributed by atoms with Gasteiger partial charge in [-0.3, -0.25) is 14.5 Å². The molecule has 0 bridgehead atoms. The lowest BCUT2D eigenvalue weighted by Gasteiger charge is -2.18. The lowest BCUT2D eigenvalue weighted by Crippen LogP contribution is -2.40. The van der Waals surface area contributed by atoms with Crippen LogP contribution in [0, 0.1) is 0 Å². The Labute approximate surface area is 135 Å². The molecule has 2 fully saturated rings. The van der Waals surface area contributed by atoms with Crippen LogP contribution in [0.3, 0.4) is 0 Å². The summed E-state index contributed by atoms with van der Waals surface area (Å²) in [6.45, 7) is 5.58. The van der Waals surface area contributed by atoms with Crippen LogP contribution in [0.25, 0.3) is 0 Å². The number of urea groups is 1. The van der Waals surface area contributed by atoms with E-state index in [-0.39, 0.29) is 23.1 Å². The maximum Gasteiger partial charge on any atom is 0.325 e. The van der Waals surface area contributed by atoms with Gasteiger partial charge >= 0.3 is 6.03 Å². The first kappa shape index (κ1) is 17.1. The van der Waals surface area contributed by atoms with Crippen molar-refractivity contribution in [3.8, 4) is 0 Å². The van der Waals surface area contributed by atoms with Crippen LogP contribution in [0.4, 0.5) is 4.79 Å². The molecule has 0 radical (unpaired) electrons. The topological polar surface area (TPSA) is 78.5 Å². The van der Waals surface area contributed by atoms with Gasteiger partial charge in [0.05, 0.1) is 5.25 Å². The number of carbonyl (C=O) groups is 3. The summed E-state index contributed by atoms with van der Waals surface area (Å²) in [5.74, 6) is 0.407. The number of nitrogens with zero attached hydrogens (tertiary/aromatic N) is 1. The Morgan fingerprint density at radius 1 is 1.41 bits per heavy atom. The largest absolute Gasteiger partial charge is 0.352 e. The van der Waals surface area contributed by atoms with Crippen LogP contribution in [0.1, 0.15) is 46.5 Å². The zero-order chi connectivity index (χ0) is 16.3. The average molecular weight is 327 g/mol. The molecule has 0 spiro atoms. The Morgan fingerprint density at radius 2 is 2.05 bits per heavy atom. The molecule has 1 aliphatic heterocycles. The molecule has 6 nitrogen and oxygen atoms in total. The van der Waals surface area contributed by atoms with E-state index in [0.717, 1.165) is 12.8 Å². The van der Waals surface area contributed by atoms with Gasteiger partial charge in [0.25, 0.3) is 5.91 Å². The van der Waals surface area contributed by atoms with Crippen molar-refractivity contribution in [3.05, 3.63) is 0 Å². The summed E-state index contributed by atoms with van der Waals surface area (Å²) in [6.07, 6.45) is 4.52. The molecule has 2 aliphatic rings. The molecule has 124 valence electrons. The van der Waals surface area contributed by atoms with E-state index >= 15 is 0 Å². The molecule has 0 aromatic heterocycles. The number of rotatable bonds is 6. The maximum atomic E-state index is 12.1. The van der Waals surface area contributed by atoms with Crippen LogP contribution in [0.15, 0.2) is 0 Å². The van der Waals surface area contributed by atoms with Crippen molar-refractivity contribution in [2.75, 3.05) is 12.3 Å². The highest BCUT2D eigenvalue weighted by Crippen LogP contribution is 2.20. The van der Waals surface area contributed by atoms with Gasteiger partial charge in [-0.25, -0.2) is 4.79 Å². The Balaban J connectivity index is 1.72. The summed E-state index contributed by atoms with van der Waals surface area (Å²) in [5, 5.41) is 5.55. The van der Waals surface area contributed by atoms with Gasteiger partial charge in [0.1, 0.15) is 5.54 Å². The minimum absolute atomic E-state index is 0.0504. The Bertz CT molecular complexity index is 461. The fourth-order valence-electron chi connectivity index (χ4n) is 2.81. The molecule has 1 unspecified atom stereocenters. The van der Waals surface area contributed by atoms with Crippen LogP contribution in [-0.4, -0.2) is 51.9 Å². The number of thioether (sulfide) groups is 1. The highest BCUT2D eigenvalue weighted by Gasteiger charge is 2.43. The van der Waals surface area contributed by atoms with Gasteiger partial charge < -0.3 is 10.6 Å². The number of hydrogen-bond donors (Lipinski definition) is 2. The quantitative estimate of drug-likeness (QED) is 0.725. The first-order chi connectivity index (χ1) is 10.3. The number of hydrogen-bond acceptors (Lipinski definition) is 4. The van der Waals surface area contributed by atoms with Crippen molar-refractivity contribution in [2.45, 2.75) is 63.3 Å². The minimum atomic E-state index is -0.826. The average Bonchev–Trinajstić information content (AvgIpc) is 3.00. The van der Waals surface area contributed by atoms with Crippen molar-refractivity contribution in [3.63, 3.8) is 0 Å². The lowest BCUT2D eigenvalue weighted by molar-refractivity contribution is -0.130. The first-order valence-electron chi connectivity index (χ1n) is 7.87. The first-order valence-corrected chi connectivity index (χ1v) is 8.92. The second-order valence-electron chi connectivity index (χ2n) is 6.51. The zero-order valence-electron chi connectivity index (χ0n) is 13.5. The molecule has 2 N–H and O–H groups in total. The SMILES string of the molecule is CC(SCCN1C(=O)NC(C)(C)C1=O)C(=O)NC1CCCC1. The van der Waals surface area contributed by atoms with Crippen molar-refractivity contribution in [1.29, 1.82) is 0 Å². The van der Waals surface area contributed by atoms with Crippen molar-refractivity contribution in [1.82, 2.24) is 15.5 Å². The van der Waals surface area contributed by atoms with E-state index in [9.17, 15) is 14.4 Å². The molecule has 0 aromatic rings. The Morgan fingerprint density at radius 3 is 2.59 bits per heavy atom. The van der Waals surface area contributed by atoms with Crippen LogP contribution in [-0.2, 0) is 9.59 Å². The smallest absolute Gasteiger partial charge is 0.325 e. The Hall–Kier alpha value is -1.24. The van der Waals surface area contributed by atoms with Crippen molar-refractivity contribution < 1.29 is 14.4 Å². The molecular formula is C15H25N3O3S. The molecule has 4 amide bonds. The van der Waals surface area contributed by atoms with E-state index in [1.165, 1.54) is 29.5 Å². The van der Waals surface area contributed by atoms with Crippen LogP contribution in [0.5, 0.6) is 0 Å². The summed E-state index contributed by atoms with van der Waals surface area (Å²) in [7, 11) is 0. The fraction of sp³-hybridized carbons (Fsp3) is 0.800. The van der Waals surface area contributed by atoms with Crippen LogP contribution in [0.2, 0.25) is 0 Å². The molecule has 1 heterocycles. The van der Waals surface area contributed by atoms with E-state index in [0.29, 0.717) is 18.3 Å². The monoisotopic (exact) mass is 327 g/mol. The summed E-state index contributed by atoms with van der Waals surface area (Å²) >= 11 is 1.47. The van der Waals surface area contributed by atoms with Gasteiger partial charge in [0, 0.05) is 18.3 Å². The van der Waals surface area contributed by atoms with E-state index in [1.54, 1.807) is 13.8 Å². The third kappa shape index (κ3) is 3.94. The summed E-state index contributed by atoms with van der Waals surface area (Å²) in [5.41, 5.74) is -0.826. The van der Waals surface area contributed by atoms with Crippen LogP contribution < -0.4 is 10.6 Å². The minimum Gasteiger partial charge on any atom is -0.352 e. The third-order valence-electron chi connectivity index (χ3n) is 4.20. The lowest BCUT2D eigenvalue weighted by atomic mass is 10.1. The second kappa shape index (κ2) is 6.89. The van der Waals surface area contributed by atoms with Crippen LogP contribution >= 0.6 is 11.8 Å². The highest BCUT2D eigenvalue weighted by atomic mass is 32.2. The normalized spacial score (nSPS) is 22.8. The summed E-state index contributed by atoms with van der Waals surface area (Å²) in [4.78, 5) is 37.1. The molecule has 1 saturated carbocycles. The number of amides is 4. The molecule has 2 rings (SSSR count). The van der Waals surface area contributed by atoms with E-state index in [2.05, 4.69) is 10.6 Å². The summed E-state index contributed by atoms with van der Waals surface area (Å²) in [6, 6.07) is -0.0269. The molecular weight excluding hydrogens is 302 g/mol. The Kier molecular flexibility index (Phi) is 5.36. The van der Waals surface area contributed by atoms with Gasteiger partial charge in [-0.1, -0.05) is 12.8 Å². The van der Waals surface area contributed by atoms with Gasteiger partial charge in [0.15, 0.2) is 0 Å². The number of imide groups is 1. The molecule has 1 aliphatic carbocycles. The molecule has 7 heteroatoms. The van der Waals surface area contributed by atoms with E-state index in [1.807, 2.05) is 6.92 Å². The predicted molar refractivity (Wildman–Crippen MR) is 86.6 cm³/mol. The standard InChI is InChI=1S/C15H25N3O3S/c1-10(12(19)16-11-6-4-5-7-11)22-9-8-18-13(20)15(2,3)17-14(18)21/h10-11H,4-9H2,1-3H3,(H,16,19)(H,17,21). The van der Waals surface area contributed by atoms with E-state index < -0.39 is 5.54 Å². The van der Waals surface area contributed by atoms with Gasteiger partial charge in [-0.2, -0.15) is 0 Å². The maximum absolute atomic E-state index is 12.1. The van der Waals surface area contributed by atoms with Gasteiger partial charge in [0.2, 0.25) is 5.91 Å². The van der Waals surface area contributed by atoms with E-state index in [4.69, 9.17) is 0 Å². The fourth-order valence-corrected chi connectivity index (χ4v) is 3.67.